The van der Waals surface area contributed by atoms with Crippen LogP contribution in [0, 0.1) is 0 Å². The minimum absolute atomic E-state index is 0.135. The molecular formula is C15H19Cl2NO. The quantitative estimate of drug-likeness (QED) is 0.766. The van der Waals surface area contributed by atoms with Gasteiger partial charge in [0.15, 0.2) is 5.78 Å². The van der Waals surface area contributed by atoms with E-state index in [0.29, 0.717) is 15.6 Å². The lowest BCUT2D eigenvalue weighted by atomic mass is 9.87. The number of hydrogen-bond acceptors (Lipinski definition) is 2. The Morgan fingerprint density at radius 2 is 1.89 bits per heavy atom. The molecule has 0 saturated carbocycles. The summed E-state index contributed by atoms with van der Waals surface area (Å²) in [6.07, 6.45) is 3.14. The van der Waals surface area contributed by atoms with Crippen LogP contribution in [-0.2, 0) is 0 Å². The van der Waals surface area contributed by atoms with Crippen molar-refractivity contribution in [2.24, 2.45) is 0 Å². The Hall–Kier alpha value is -0.570. The van der Waals surface area contributed by atoms with Crippen LogP contribution in [-0.4, -0.2) is 29.3 Å². The summed E-state index contributed by atoms with van der Waals surface area (Å²) >= 11 is 11.9. The molecule has 1 atom stereocenters. The molecule has 1 aliphatic rings. The average Bonchev–Trinajstić information content (AvgIpc) is 2.94. The van der Waals surface area contributed by atoms with E-state index in [1.165, 1.54) is 12.8 Å². The van der Waals surface area contributed by atoms with E-state index in [4.69, 9.17) is 23.2 Å². The van der Waals surface area contributed by atoms with Gasteiger partial charge in [-0.25, -0.2) is 0 Å². The average molecular weight is 300 g/mol. The lowest BCUT2D eigenvalue weighted by Crippen LogP contribution is -2.50. The Balaban J connectivity index is 2.31. The third-order valence-corrected chi connectivity index (χ3v) is 4.90. The van der Waals surface area contributed by atoms with Gasteiger partial charge in [0.2, 0.25) is 0 Å². The summed E-state index contributed by atoms with van der Waals surface area (Å²) in [5.74, 6) is 0.135. The van der Waals surface area contributed by atoms with Gasteiger partial charge in [0.25, 0.3) is 0 Å². The van der Waals surface area contributed by atoms with Crippen LogP contribution in [0.2, 0.25) is 10.0 Å². The topological polar surface area (TPSA) is 20.3 Å². The highest BCUT2D eigenvalue weighted by atomic mass is 35.5. The zero-order valence-corrected chi connectivity index (χ0v) is 12.9. The first kappa shape index (κ1) is 14.8. The van der Waals surface area contributed by atoms with Crippen molar-refractivity contribution >= 4 is 29.0 Å². The number of benzene rings is 1. The Morgan fingerprint density at radius 3 is 2.42 bits per heavy atom. The van der Waals surface area contributed by atoms with Gasteiger partial charge in [-0.2, -0.15) is 0 Å². The summed E-state index contributed by atoms with van der Waals surface area (Å²) in [6.45, 7) is 6.09. The van der Waals surface area contributed by atoms with E-state index in [1.54, 1.807) is 18.2 Å². The fraction of sp³-hybridized carbons (Fsp3) is 0.533. The molecule has 0 spiro atoms. The lowest BCUT2D eigenvalue weighted by molar-refractivity contribution is 0.0647. The number of halogens is 2. The molecule has 2 rings (SSSR count). The van der Waals surface area contributed by atoms with Crippen molar-refractivity contribution in [3.05, 3.63) is 33.8 Å². The molecule has 1 unspecified atom stereocenters. The van der Waals surface area contributed by atoms with Gasteiger partial charge in [-0.05, 0) is 57.5 Å². The summed E-state index contributed by atoms with van der Waals surface area (Å²) in [5.41, 5.74) is 0.207. The first-order valence-corrected chi connectivity index (χ1v) is 7.49. The molecule has 104 valence electrons. The van der Waals surface area contributed by atoms with Crippen molar-refractivity contribution in [2.45, 2.75) is 38.6 Å². The highest BCUT2D eigenvalue weighted by Gasteiger charge is 2.39. The molecule has 1 aromatic rings. The fourth-order valence-electron chi connectivity index (χ4n) is 2.69. The highest BCUT2D eigenvalue weighted by Crippen LogP contribution is 2.30. The van der Waals surface area contributed by atoms with Crippen molar-refractivity contribution in [3.63, 3.8) is 0 Å². The van der Waals surface area contributed by atoms with Gasteiger partial charge >= 0.3 is 0 Å². The number of ketones is 1. The van der Waals surface area contributed by atoms with Crippen LogP contribution in [0.3, 0.4) is 0 Å². The van der Waals surface area contributed by atoms with Gasteiger partial charge in [0.05, 0.1) is 15.6 Å². The van der Waals surface area contributed by atoms with Crippen LogP contribution in [0.1, 0.15) is 43.5 Å². The number of likely N-dealkylation sites (tertiary alicyclic amines) is 1. The largest absolute Gasteiger partial charge is 0.292 e. The van der Waals surface area contributed by atoms with E-state index in [1.807, 2.05) is 6.92 Å². The Labute approximate surface area is 124 Å². The molecule has 0 N–H and O–H groups in total. The number of hydrogen-bond donors (Lipinski definition) is 0. The van der Waals surface area contributed by atoms with Gasteiger partial charge in [-0.15, -0.1) is 0 Å². The summed E-state index contributed by atoms with van der Waals surface area (Å²) in [5, 5.41) is 0.921. The second-order valence-electron chi connectivity index (χ2n) is 5.28. The molecule has 1 aromatic carbocycles. The smallest absolute Gasteiger partial charge is 0.182 e. The number of carbonyl (C=O) groups is 1. The van der Waals surface area contributed by atoms with Crippen LogP contribution >= 0.6 is 23.2 Å². The maximum atomic E-state index is 12.8. The predicted octanol–water partition coefficient (Wildman–Crippen LogP) is 4.44. The third-order valence-electron chi connectivity index (χ3n) is 4.16. The first-order valence-electron chi connectivity index (χ1n) is 6.74. The molecule has 0 aromatic heterocycles. The van der Waals surface area contributed by atoms with Crippen LogP contribution in [0.25, 0.3) is 0 Å². The summed E-state index contributed by atoms with van der Waals surface area (Å²) < 4.78 is 0. The Kier molecular flexibility index (Phi) is 4.54. The summed E-state index contributed by atoms with van der Waals surface area (Å²) in [4.78, 5) is 15.1. The predicted molar refractivity (Wildman–Crippen MR) is 80.3 cm³/mol. The second-order valence-corrected chi connectivity index (χ2v) is 6.09. The normalized spacial score (nSPS) is 19.4. The molecule has 1 fully saturated rings. The zero-order valence-electron chi connectivity index (χ0n) is 11.4. The van der Waals surface area contributed by atoms with E-state index < -0.39 is 5.54 Å². The van der Waals surface area contributed by atoms with Crippen molar-refractivity contribution in [2.75, 3.05) is 13.1 Å². The van der Waals surface area contributed by atoms with Crippen molar-refractivity contribution in [1.82, 2.24) is 4.90 Å². The van der Waals surface area contributed by atoms with E-state index in [9.17, 15) is 4.79 Å². The van der Waals surface area contributed by atoms with Gasteiger partial charge in [-0.3, -0.25) is 9.69 Å². The van der Waals surface area contributed by atoms with Crippen LogP contribution in [0.15, 0.2) is 18.2 Å². The van der Waals surface area contributed by atoms with Gasteiger partial charge < -0.3 is 0 Å². The van der Waals surface area contributed by atoms with Crippen molar-refractivity contribution < 1.29 is 4.79 Å². The van der Waals surface area contributed by atoms with Crippen LogP contribution in [0.5, 0.6) is 0 Å². The highest BCUT2D eigenvalue weighted by molar-refractivity contribution is 6.42. The Morgan fingerprint density at radius 1 is 1.26 bits per heavy atom. The minimum Gasteiger partial charge on any atom is -0.292 e. The van der Waals surface area contributed by atoms with Gasteiger partial charge in [-0.1, -0.05) is 30.1 Å². The van der Waals surface area contributed by atoms with E-state index >= 15 is 0 Å². The summed E-state index contributed by atoms with van der Waals surface area (Å²) in [6, 6.07) is 5.13. The molecule has 1 aliphatic heterocycles. The molecule has 1 heterocycles. The molecule has 19 heavy (non-hydrogen) atoms. The van der Waals surface area contributed by atoms with Crippen LogP contribution < -0.4 is 0 Å². The van der Waals surface area contributed by atoms with Crippen molar-refractivity contribution in [3.8, 4) is 0 Å². The molecule has 1 saturated heterocycles. The molecule has 2 nitrogen and oxygen atoms in total. The first-order chi connectivity index (χ1) is 8.99. The van der Waals surface area contributed by atoms with Gasteiger partial charge in [0, 0.05) is 5.56 Å². The van der Waals surface area contributed by atoms with E-state index in [-0.39, 0.29) is 5.78 Å². The second kappa shape index (κ2) is 5.82. The molecule has 4 heteroatoms. The molecular weight excluding hydrogens is 281 g/mol. The number of carbonyl (C=O) groups excluding carboxylic acids is 1. The van der Waals surface area contributed by atoms with Crippen LogP contribution in [0.4, 0.5) is 0 Å². The molecule has 0 amide bonds. The maximum absolute atomic E-state index is 12.8. The molecule has 0 bridgehead atoms. The monoisotopic (exact) mass is 299 g/mol. The number of nitrogens with zero attached hydrogens (tertiary/aromatic N) is 1. The molecule has 0 radical (unpaired) electrons. The van der Waals surface area contributed by atoms with Gasteiger partial charge in [0.1, 0.15) is 0 Å². The number of rotatable bonds is 4. The minimum atomic E-state index is -0.437. The SMILES string of the molecule is CCC(C)(C(=O)c1ccc(Cl)c(Cl)c1)N1CCCC1. The van der Waals surface area contributed by atoms with E-state index in [2.05, 4.69) is 11.8 Å². The van der Waals surface area contributed by atoms with Crippen molar-refractivity contribution in [1.29, 1.82) is 0 Å². The fourth-order valence-corrected chi connectivity index (χ4v) is 2.98. The standard InChI is InChI=1S/C15H19Cl2NO/c1-3-15(2,18-8-4-5-9-18)14(19)11-6-7-12(16)13(17)10-11/h6-7,10H,3-5,8-9H2,1-2H3. The van der Waals surface area contributed by atoms with E-state index in [0.717, 1.165) is 19.5 Å². The third kappa shape index (κ3) is 2.81. The Bertz CT molecular complexity index is 483. The summed E-state index contributed by atoms with van der Waals surface area (Å²) in [7, 11) is 0. The zero-order chi connectivity index (χ0) is 14.0. The lowest BCUT2D eigenvalue weighted by Gasteiger charge is -2.36. The maximum Gasteiger partial charge on any atom is 0.182 e. The number of Topliss-reactive ketones (excluding diaryl/α,β-unsaturated/α-hetero) is 1. The molecule has 0 aliphatic carbocycles.